The number of fused-ring (bicyclic) bond motifs is 1. The van der Waals surface area contributed by atoms with E-state index in [4.69, 9.17) is 11.1 Å². The first-order valence-corrected chi connectivity index (χ1v) is 7.40. The van der Waals surface area contributed by atoms with E-state index in [0.29, 0.717) is 5.57 Å². The third-order valence-corrected chi connectivity index (χ3v) is 3.81. The van der Waals surface area contributed by atoms with Crippen LogP contribution in [0.5, 0.6) is 0 Å². The highest BCUT2D eigenvalue weighted by molar-refractivity contribution is 6.11. The number of anilines is 1. The number of aliphatic imine (C=N–C) groups is 1. The summed E-state index contributed by atoms with van der Waals surface area (Å²) in [5.41, 5.74) is 9.52. The lowest BCUT2D eigenvalue weighted by Crippen LogP contribution is -2.20. The zero-order valence-electron chi connectivity index (χ0n) is 12.7. The Balaban J connectivity index is 1.91. The number of nitrogens with two attached hydrogens (primary N) is 1. The van der Waals surface area contributed by atoms with Gasteiger partial charge in [0.25, 0.3) is 0 Å². The smallest absolute Gasteiger partial charge is 0.136 e. The van der Waals surface area contributed by atoms with Gasteiger partial charge in [0.15, 0.2) is 0 Å². The van der Waals surface area contributed by atoms with Gasteiger partial charge in [0.05, 0.1) is 5.69 Å². The molecule has 0 radical (unpaired) electrons. The third kappa shape index (κ3) is 3.11. The number of benzene rings is 1. The predicted molar refractivity (Wildman–Crippen MR) is 92.7 cm³/mol. The van der Waals surface area contributed by atoms with Gasteiger partial charge in [-0.15, -0.1) is 0 Å². The maximum Gasteiger partial charge on any atom is 0.136 e. The molecule has 3 N–H and O–H groups in total. The van der Waals surface area contributed by atoms with Crippen molar-refractivity contribution in [3.05, 3.63) is 59.7 Å². The van der Waals surface area contributed by atoms with Gasteiger partial charge in [0.2, 0.25) is 0 Å². The zero-order chi connectivity index (χ0) is 16.1. The highest BCUT2D eigenvalue weighted by atomic mass is 15.2. The van der Waals surface area contributed by atoms with Crippen LogP contribution in [0.2, 0.25) is 0 Å². The fraction of sp³-hybridized carbons (Fsp3) is 0.176. The molecule has 116 valence electrons. The van der Waals surface area contributed by atoms with Gasteiger partial charge in [-0.05, 0) is 12.0 Å². The van der Waals surface area contributed by atoms with Crippen LogP contribution < -0.4 is 10.6 Å². The molecule has 1 aliphatic heterocycles. The van der Waals surface area contributed by atoms with E-state index < -0.39 is 0 Å². The molecule has 1 aromatic carbocycles. The summed E-state index contributed by atoms with van der Waals surface area (Å²) >= 11 is 0. The summed E-state index contributed by atoms with van der Waals surface area (Å²) in [5.74, 6) is 0.946. The van der Waals surface area contributed by atoms with Gasteiger partial charge in [-0.1, -0.05) is 30.3 Å². The lowest BCUT2D eigenvalue weighted by molar-refractivity contribution is 0.825. The minimum atomic E-state index is 0.703. The minimum Gasteiger partial charge on any atom is -0.404 e. The van der Waals surface area contributed by atoms with Crippen molar-refractivity contribution in [2.24, 2.45) is 10.7 Å². The van der Waals surface area contributed by atoms with Gasteiger partial charge < -0.3 is 10.6 Å². The van der Waals surface area contributed by atoms with Crippen LogP contribution in [-0.4, -0.2) is 29.1 Å². The van der Waals surface area contributed by atoms with Gasteiger partial charge in [-0.25, -0.2) is 15.0 Å². The Hall–Kier alpha value is -3.02. The fourth-order valence-corrected chi connectivity index (χ4v) is 2.77. The van der Waals surface area contributed by atoms with Crippen LogP contribution in [-0.2, 0) is 13.0 Å². The van der Waals surface area contributed by atoms with E-state index in [0.717, 1.165) is 42.9 Å². The molecule has 0 unspecified atom stereocenters. The highest BCUT2D eigenvalue weighted by Gasteiger charge is 2.25. The van der Waals surface area contributed by atoms with Crippen LogP contribution in [0.25, 0.3) is 5.57 Å². The summed E-state index contributed by atoms with van der Waals surface area (Å²) < 4.78 is 0. The van der Waals surface area contributed by atoms with Crippen LogP contribution in [0, 0.1) is 5.41 Å². The second-order valence-corrected chi connectivity index (χ2v) is 5.21. The van der Waals surface area contributed by atoms with E-state index in [2.05, 4.69) is 32.0 Å². The van der Waals surface area contributed by atoms with Crippen LogP contribution in [0.3, 0.4) is 0 Å². The molecule has 23 heavy (non-hydrogen) atoms. The summed E-state index contributed by atoms with van der Waals surface area (Å²) in [6.45, 7) is 1.72. The Labute approximate surface area is 134 Å². The Morgan fingerprint density at radius 3 is 2.87 bits per heavy atom. The van der Waals surface area contributed by atoms with E-state index >= 15 is 0 Å². The normalized spacial score (nSPS) is 14.3. The predicted octanol–water partition coefficient (Wildman–Crippen LogP) is 2.02. The monoisotopic (exact) mass is 306 g/mol. The number of rotatable bonds is 5. The van der Waals surface area contributed by atoms with E-state index in [-0.39, 0.29) is 0 Å². The molecular formula is C17H18N6. The second kappa shape index (κ2) is 6.83. The summed E-state index contributed by atoms with van der Waals surface area (Å²) in [6.07, 6.45) is 6.42. The van der Waals surface area contributed by atoms with Crippen LogP contribution in [0.15, 0.2) is 47.9 Å². The van der Waals surface area contributed by atoms with Gasteiger partial charge in [0.1, 0.15) is 18.5 Å². The number of hydrogen-bond acceptors (Lipinski definition) is 5. The molecule has 6 heteroatoms. The molecule has 1 aliphatic rings. The molecule has 6 nitrogen and oxygen atoms in total. The summed E-state index contributed by atoms with van der Waals surface area (Å²) in [5, 5.41) is 7.01. The van der Waals surface area contributed by atoms with Crippen LogP contribution in [0.1, 0.15) is 16.8 Å². The molecular weight excluding hydrogens is 288 g/mol. The number of nitrogens with zero attached hydrogens (tertiary/aromatic N) is 4. The van der Waals surface area contributed by atoms with Crippen LogP contribution in [0.4, 0.5) is 5.82 Å². The van der Waals surface area contributed by atoms with Crippen molar-refractivity contribution in [1.29, 1.82) is 5.41 Å². The number of nitrogens with one attached hydrogen (secondary N) is 1. The molecule has 0 bridgehead atoms. The van der Waals surface area contributed by atoms with E-state index in [1.165, 1.54) is 11.8 Å². The maximum atomic E-state index is 7.01. The maximum absolute atomic E-state index is 7.01. The minimum absolute atomic E-state index is 0.703. The topological polar surface area (TPSA) is 91.2 Å². The first-order valence-electron chi connectivity index (χ1n) is 7.40. The summed E-state index contributed by atoms with van der Waals surface area (Å²) in [7, 11) is 0. The molecule has 0 fully saturated rings. The first-order chi connectivity index (χ1) is 11.3. The lowest BCUT2D eigenvalue weighted by atomic mass is 10.1. The Kier molecular flexibility index (Phi) is 4.42. The quantitative estimate of drug-likeness (QED) is 0.653. The van der Waals surface area contributed by atoms with Crippen molar-refractivity contribution in [2.75, 3.05) is 11.4 Å². The van der Waals surface area contributed by atoms with Gasteiger partial charge >= 0.3 is 0 Å². The van der Waals surface area contributed by atoms with Gasteiger partial charge in [-0.2, -0.15) is 0 Å². The molecule has 0 amide bonds. The molecule has 0 saturated heterocycles. The first kappa shape index (κ1) is 14.9. The number of allylic oxidation sites excluding steroid dienone is 1. The molecule has 1 aromatic heterocycles. The molecule has 0 atom stereocenters. The largest absolute Gasteiger partial charge is 0.404 e. The standard InChI is InChI=1S/C17H18N6/c18-8-14(9-20-11-19)16-15-6-7-23(17(15)22-12-21-16)10-13-4-2-1-3-5-13/h1-5,8-9,11-12,19H,6-7,10,18H2/b14-8+,19-11?,20-9?. The fourth-order valence-electron chi connectivity index (χ4n) is 2.77. The molecule has 3 rings (SSSR count). The Bertz CT molecular complexity index is 751. The van der Waals surface area contributed by atoms with Crippen molar-refractivity contribution < 1.29 is 0 Å². The average Bonchev–Trinajstić information content (AvgIpc) is 3.00. The van der Waals surface area contributed by atoms with Crippen molar-refractivity contribution in [3.63, 3.8) is 0 Å². The van der Waals surface area contributed by atoms with Crippen molar-refractivity contribution in [1.82, 2.24) is 9.97 Å². The highest BCUT2D eigenvalue weighted by Crippen LogP contribution is 2.31. The van der Waals surface area contributed by atoms with E-state index in [1.54, 1.807) is 12.5 Å². The van der Waals surface area contributed by atoms with E-state index in [1.807, 2.05) is 18.2 Å². The summed E-state index contributed by atoms with van der Waals surface area (Å²) in [6, 6.07) is 10.3. The van der Waals surface area contributed by atoms with E-state index in [9.17, 15) is 0 Å². The van der Waals surface area contributed by atoms with Gasteiger partial charge in [0, 0.05) is 36.6 Å². The molecule has 0 spiro atoms. The average molecular weight is 306 g/mol. The second-order valence-electron chi connectivity index (χ2n) is 5.21. The zero-order valence-corrected chi connectivity index (χ0v) is 12.7. The van der Waals surface area contributed by atoms with Gasteiger partial charge in [-0.3, -0.25) is 5.41 Å². The van der Waals surface area contributed by atoms with Crippen molar-refractivity contribution in [3.8, 4) is 0 Å². The Morgan fingerprint density at radius 1 is 1.30 bits per heavy atom. The SMILES string of the molecule is N=CN=C/C(=C\N)c1ncnc2c1CCN2Cc1ccccc1. The summed E-state index contributed by atoms with van der Waals surface area (Å²) in [4.78, 5) is 14.9. The van der Waals surface area contributed by atoms with Crippen LogP contribution >= 0.6 is 0 Å². The Morgan fingerprint density at radius 2 is 2.13 bits per heavy atom. The lowest BCUT2D eigenvalue weighted by Gasteiger charge is -2.18. The van der Waals surface area contributed by atoms with Crippen molar-refractivity contribution in [2.45, 2.75) is 13.0 Å². The molecule has 0 saturated carbocycles. The number of hydrogen-bond donors (Lipinski definition) is 2. The third-order valence-electron chi connectivity index (χ3n) is 3.81. The molecule has 0 aliphatic carbocycles. The molecule has 2 heterocycles. The number of aromatic nitrogens is 2. The van der Waals surface area contributed by atoms with Crippen molar-refractivity contribution >= 4 is 23.9 Å². The molecule has 2 aromatic rings.